The summed E-state index contributed by atoms with van der Waals surface area (Å²) in [5.74, 6) is 1.29. The molecular formula is C14H20O4. The molecule has 1 aromatic rings. The molecular weight excluding hydrogens is 232 g/mol. The predicted octanol–water partition coefficient (Wildman–Crippen LogP) is 2.30. The molecule has 0 aliphatic carbocycles. The summed E-state index contributed by atoms with van der Waals surface area (Å²) in [5, 5.41) is 10.3. The van der Waals surface area contributed by atoms with Gasteiger partial charge in [-0.25, -0.2) is 0 Å². The van der Waals surface area contributed by atoms with Crippen molar-refractivity contribution in [2.75, 3.05) is 14.2 Å². The van der Waals surface area contributed by atoms with E-state index in [-0.39, 0.29) is 12.2 Å². The van der Waals surface area contributed by atoms with Gasteiger partial charge in [-0.05, 0) is 37.5 Å². The van der Waals surface area contributed by atoms with Gasteiger partial charge in [0.15, 0.2) is 11.5 Å². The Hall–Kier alpha value is -1.26. The van der Waals surface area contributed by atoms with Crippen LogP contribution in [0, 0.1) is 0 Å². The van der Waals surface area contributed by atoms with E-state index in [0.29, 0.717) is 11.5 Å². The fraction of sp³-hybridized carbons (Fsp3) is 0.571. The molecule has 1 saturated heterocycles. The third kappa shape index (κ3) is 2.60. The number of hydrogen-bond acceptors (Lipinski definition) is 4. The standard InChI is InChI=1S/C14H20O4/c1-9-4-6-12(18-9)14(15)10-5-7-11(16-2)13(8-10)17-3/h5,7-9,12,14-15H,4,6H2,1-3H3. The minimum atomic E-state index is -0.616. The summed E-state index contributed by atoms with van der Waals surface area (Å²) in [6, 6.07) is 5.45. The Bertz CT molecular complexity index is 405. The van der Waals surface area contributed by atoms with Crippen molar-refractivity contribution in [1.29, 1.82) is 0 Å². The second kappa shape index (κ2) is 5.59. The molecule has 18 heavy (non-hydrogen) atoms. The van der Waals surface area contributed by atoms with Crippen molar-refractivity contribution in [3.05, 3.63) is 23.8 Å². The molecule has 1 aliphatic rings. The highest BCUT2D eigenvalue weighted by molar-refractivity contribution is 5.43. The molecule has 100 valence electrons. The second-order valence-corrected chi connectivity index (χ2v) is 4.62. The molecule has 3 unspecified atom stereocenters. The quantitative estimate of drug-likeness (QED) is 0.893. The van der Waals surface area contributed by atoms with Crippen LogP contribution in [-0.4, -0.2) is 31.5 Å². The maximum absolute atomic E-state index is 10.3. The number of hydrogen-bond donors (Lipinski definition) is 1. The normalized spacial score (nSPS) is 24.9. The van der Waals surface area contributed by atoms with Crippen LogP contribution >= 0.6 is 0 Å². The van der Waals surface area contributed by atoms with Crippen molar-refractivity contribution in [1.82, 2.24) is 0 Å². The Kier molecular flexibility index (Phi) is 4.09. The van der Waals surface area contributed by atoms with Crippen molar-refractivity contribution in [3.8, 4) is 11.5 Å². The van der Waals surface area contributed by atoms with E-state index in [1.165, 1.54) is 0 Å². The Balaban J connectivity index is 2.17. The Morgan fingerprint density at radius 1 is 1.22 bits per heavy atom. The highest BCUT2D eigenvalue weighted by Gasteiger charge is 2.29. The van der Waals surface area contributed by atoms with Crippen molar-refractivity contribution >= 4 is 0 Å². The molecule has 4 heteroatoms. The van der Waals surface area contributed by atoms with Gasteiger partial charge < -0.3 is 19.3 Å². The number of rotatable bonds is 4. The summed E-state index contributed by atoms with van der Waals surface area (Å²) < 4.78 is 16.1. The average molecular weight is 252 g/mol. The summed E-state index contributed by atoms with van der Waals surface area (Å²) in [5.41, 5.74) is 0.798. The van der Waals surface area contributed by atoms with Crippen LogP contribution in [0.3, 0.4) is 0 Å². The first-order valence-electron chi connectivity index (χ1n) is 6.21. The monoisotopic (exact) mass is 252 g/mol. The van der Waals surface area contributed by atoms with Gasteiger partial charge in [-0.2, -0.15) is 0 Å². The molecule has 1 N–H and O–H groups in total. The molecule has 1 fully saturated rings. The van der Waals surface area contributed by atoms with Crippen LogP contribution in [-0.2, 0) is 4.74 Å². The van der Waals surface area contributed by atoms with Crippen LogP contribution in [0.5, 0.6) is 11.5 Å². The van der Waals surface area contributed by atoms with Gasteiger partial charge in [0.25, 0.3) is 0 Å². The van der Waals surface area contributed by atoms with Crippen LogP contribution in [0.25, 0.3) is 0 Å². The zero-order valence-corrected chi connectivity index (χ0v) is 11.1. The number of ether oxygens (including phenoxy) is 3. The smallest absolute Gasteiger partial charge is 0.161 e. The van der Waals surface area contributed by atoms with E-state index in [4.69, 9.17) is 14.2 Å². The maximum Gasteiger partial charge on any atom is 0.161 e. The van der Waals surface area contributed by atoms with Crippen LogP contribution in [0.1, 0.15) is 31.4 Å². The van der Waals surface area contributed by atoms with Crippen molar-refractivity contribution in [2.45, 2.75) is 38.1 Å². The van der Waals surface area contributed by atoms with E-state index in [2.05, 4.69) is 0 Å². The minimum absolute atomic E-state index is 0.127. The fourth-order valence-corrected chi connectivity index (χ4v) is 2.32. The van der Waals surface area contributed by atoms with Crippen molar-refractivity contribution < 1.29 is 19.3 Å². The SMILES string of the molecule is COc1ccc(C(O)C2CCC(C)O2)cc1OC. The molecule has 1 heterocycles. The van der Waals surface area contributed by atoms with Crippen molar-refractivity contribution in [3.63, 3.8) is 0 Å². The van der Waals surface area contributed by atoms with E-state index in [1.807, 2.05) is 13.0 Å². The lowest BCUT2D eigenvalue weighted by Crippen LogP contribution is -2.18. The molecule has 4 nitrogen and oxygen atoms in total. The lowest BCUT2D eigenvalue weighted by Gasteiger charge is -2.20. The van der Waals surface area contributed by atoms with Crippen LogP contribution in [0.15, 0.2) is 18.2 Å². The second-order valence-electron chi connectivity index (χ2n) is 4.62. The predicted molar refractivity (Wildman–Crippen MR) is 68.1 cm³/mol. The largest absolute Gasteiger partial charge is 0.493 e. The van der Waals surface area contributed by atoms with Gasteiger partial charge in [-0.1, -0.05) is 6.07 Å². The molecule has 0 amide bonds. The van der Waals surface area contributed by atoms with E-state index in [9.17, 15) is 5.11 Å². The molecule has 0 aromatic heterocycles. The molecule has 0 saturated carbocycles. The van der Waals surface area contributed by atoms with E-state index in [0.717, 1.165) is 18.4 Å². The summed E-state index contributed by atoms with van der Waals surface area (Å²) in [4.78, 5) is 0. The lowest BCUT2D eigenvalue weighted by atomic mass is 10.0. The summed E-state index contributed by atoms with van der Waals surface area (Å²) in [6.07, 6.45) is 1.36. The zero-order chi connectivity index (χ0) is 13.1. The van der Waals surface area contributed by atoms with Crippen LogP contribution in [0.4, 0.5) is 0 Å². The molecule has 0 radical (unpaired) electrons. The molecule has 0 bridgehead atoms. The van der Waals surface area contributed by atoms with E-state index in [1.54, 1.807) is 26.4 Å². The van der Waals surface area contributed by atoms with Gasteiger partial charge in [0.05, 0.1) is 26.4 Å². The number of methoxy groups -OCH3 is 2. The van der Waals surface area contributed by atoms with E-state index >= 15 is 0 Å². The van der Waals surface area contributed by atoms with Gasteiger partial charge in [0.1, 0.15) is 6.10 Å². The number of aliphatic hydroxyl groups excluding tert-OH is 1. The number of aliphatic hydroxyl groups is 1. The highest BCUT2D eigenvalue weighted by Crippen LogP contribution is 2.34. The van der Waals surface area contributed by atoms with Gasteiger partial charge in [0, 0.05) is 0 Å². The number of benzene rings is 1. The fourth-order valence-electron chi connectivity index (χ4n) is 2.32. The molecule has 3 atom stereocenters. The summed E-state index contributed by atoms with van der Waals surface area (Å²) in [7, 11) is 3.18. The van der Waals surface area contributed by atoms with Crippen molar-refractivity contribution in [2.24, 2.45) is 0 Å². The summed E-state index contributed by atoms with van der Waals surface area (Å²) >= 11 is 0. The first-order valence-corrected chi connectivity index (χ1v) is 6.21. The molecule has 0 spiro atoms. The Morgan fingerprint density at radius 2 is 1.94 bits per heavy atom. The first kappa shape index (κ1) is 13.2. The average Bonchev–Trinajstić information content (AvgIpc) is 2.83. The Morgan fingerprint density at radius 3 is 2.50 bits per heavy atom. The third-order valence-corrected chi connectivity index (χ3v) is 3.37. The highest BCUT2D eigenvalue weighted by atomic mass is 16.5. The maximum atomic E-state index is 10.3. The van der Waals surface area contributed by atoms with E-state index < -0.39 is 6.10 Å². The topological polar surface area (TPSA) is 47.9 Å². The zero-order valence-electron chi connectivity index (χ0n) is 11.1. The van der Waals surface area contributed by atoms with Crippen LogP contribution < -0.4 is 9.47 Å². The van der Waals surface area contributed by atoms with Gasteiger partial charge in [-0.3, -0.25) is 0 Å². The molecule has 1 aliphatic heterocycles. The van der Waals surface area contributed by atoms with Gasteiger partial charge >= 0.3 is 0 Å². The minimum Gasteiger partial charge on any atom is -0.493 e. The third-order valence-electron chi connectivity index (χ3n) is 3.37. The molecule has 1 aromatic carbocycles. The summed E-state index contributed by atoms with van der Waals surface area (Å²) in [6.45, 7) is 2.03. The van der Waals surface area contributed by atoms with Gasteiger partial charge in [0.2, 0.25) is 0 Å². The van der Waals surface area contributed by atoms with Gasteiger partial charge in [-0.15, -0.1) is 0 Å². The van der Waals surface area contributed by atoms with Crippen LogP contribution in [0.2, 0.25) is 0 Å². The Labute approximate surface area is 107 Å². The first-order chi connectivity index (χ1) is 8.65. The molecule has 2 rings (SSSR count). The lowest BCUT2D eigenvalue weighted by molar-refractivity contribution is -0.0298.